The van der Waals surface area contributed by atoms with Gasteiger partial charge in [-0.25, -0.2) is 26.2 Å². The highest BCUT2D eigenvalue weighted by molar-refractivity contribution is 7.91. The molecule has 0 saturated carbocycles. The lowest BCUT2D eigenvalue weighted by Crippen LogP contribution is -2.35. The second-order valence-electron chi connectivity index (χ2n) is 7.79. The van der Waals surface area contributed by atoms with E-state index in [1.54, 1.807) is 12.1 Å². The van der Waals surface area contributed by atoms with Gasteiger partial charge in [0.2, 0.25) is 15.9 Å². The van der Waals surface area contributed by atoms with Crippen LogP contribution in [0.25, 0.3) is 0 Å². The summed E-state index contributed by atoms with van der Waals surface area (Å²) < 4.78 is 65.6. The standard InChI is InChI=1S/C22H21ClFN3O5S3/c1-2-34(29,30)15-8-7-14(17(24)12-15)11-21(28)26-22-25-18-9-10-27(13-19(18)33-22)35(31,32)20-6-4-3-5-16(20)23/h3-8,12H,2,9-11,13H2,1H3,(H,25,26,28). The Bertz CT molecular complexity index is 1510. The number of hydrogen-bond acceptors (Lipinski definition) is 7. The molecule has 8 nitrogen and oxygen atoms in total. The van der Waals surface area contributed by atoms with Crippen molar-refractivity contribution in [3.63, 3.8) is 0 Å². The van der Waals surface area contributed by atoms with E-state index in [1.807, 2.05) is 0 Å². The summed E-state index contributed by atoms with van der Waals surface area (Å²) in [5, 5.41) is 3.04. The van der Waals surface area contributed by atoms with Crippen molar-refractivity contribution in [3.05, 3.63) is 69.4 Å². The van der Waals surface area contributed by atoms with Crippen LogP contribution >= 0.6 is 22.9 Å². The summed E-state index contributed by atoms with van der Waals surface area (Å²) in [6, 6.07) is 9.70. The van der Waals surface area contributed by atoms with Crippen molar-refractivity contribution in [2.24, 2.45) is 0 Å². The van der Waals surface area contributed by atoms with Crippen molar-refractivity contribution >= 4 is 53.8 Å². The summed E-state index contributed by atoms with van der Waals surface area (Å²) in [6.45, 7) is 1.78. The summed E-state index contributed by atoms with van der Waals surface area (Å²) >= 11 is 7.24. The van der Waals surface area contributed by atoms with Gasteiger partial charge < -0.3 is 5.32 Å². The summed E-state index contributed by atoms with van der Waals surface area (Å²) in [7, 11) is -7.36. The Hall–Kier alpha value is -2.38. The second kappa shape index (κ2) is 9.94. The van der Waals surface area contributed by atoms with Gasteiger partial charge in [0, 0.05) is 17.8 Å². The largest absolute Gasteiger partial charge is 0.302 e. The number of carbonyl (C=O) groups excluding carboxylic acids is 1. The first-order valence-electron chi connectivity index (χ1n) is 10.6. The number of anilines is 1. The fourth-order valence-corrected chi connectivity index (χ4v) is 7.51. The molecule has 0 atom stereocenters. The number of amides is 1. The first-order valence-corrected chi connectivity index (χ1v) is 14.8. The lowest BCUT2D eigenvalue weighted by atomic mass is 10.1. The zero-order valence-electron chi connectivity index (χ0n) is 18.5. The normalized spacial score (nSPS) is 14.5. The fourth-order valence-electron chi connectivity index (χ4n) is 3.59. The number of rotatable bonds is 7. The Morgan fingerprint density at radius 3 is 2.63 bits per heavy atom. The van der Waals surface area contributed by atoms with Crippen LogP contribution in [0.15, 0.2) is 52.3 Å². The average Bonchev–Trinajstić information content (AvgIpc) is 3.21. The Kier molecular flexibility index (Phi) is 7.30. The minimum atomic E-state index is -3.80. The maximum atomic E-state index is 14.4. The van der Waals surface area contributed by atoms with E-state index in [4.69, 9.17) is 11.6 Å². The Morgan fingerprint density at radius 1 is 1.20 bits per heavy atom. The van der Waals surface area contributed by atoms with Crippen LogP contribution in [-0.4, -0.2) is 44.3 Å². The third-order valence-electron chi connectivity index (χ3n) is 5.51. The highest BCUT2D eigenvalue weighted by Gasteiger charge is 2.31. The highest BCUT2D eigenvalue weighted by atomic mass is 35.5. The number of hydrogen-bond donors (Lipinski definition) is 1. The summed E-state index contributed by atoms with van der Waals surface area (Å²) in [6.07, 6.45) is 0.0585. The summed E-state index contributed by atoms with van der Waals surface area (Å²) in [4.78, 5) is 17.5. The van der Waals surface area contributed by atoms with Gasteiger partial charge in [-0.05, 0) is 29.8 Å². The van der Waals surface area contributed by atoms with Gasteiger partial charge in [0.05, 0.1) is 34.3 Å². The van der Waals surface area contributed by atoms with Gasteiger partial charge in [0.1, 0.15) is 10.7 Å². The highest BCUT2D eigenvalue weighted by Crippen LogP contribution is 2.33. The molecule has 0 radical (unpaired) electrons. The van der Waals surface area contributed by atoms with Crippen LogP contribution in [0, 0.1) is 5.82 Å². The van der Waals surface area contributed by atoms with Crippen molar-refractivity contribution < 1.29 is 26.0 Å². The number of benzene rings is 2. The smallest absolute Gasteiger partial charge is 0.244 e. The van der Waals surface area contributed by atoms with Gasteiger partial charge in [-0.2, -0.15) is 4.31 Å². The van der Waals surface area contributed by atoms with E-state index >= 15 is 0 Å². The lowest BCUT2D eigenvalue weighted by Gasteiger charge is -2.25. The van der Waals surface area contributed by atoms with Crippen LogP contribution < -0.4 is 5.32 Å². The molecule has 1 aliphatic rings. The maximum absolute atomic E-state index is 14.4. The number of carbonyl (C=O) groups is 1. The molecule has 186 valence electrons. The van der Waals surface area contributed by atoms with Gasteiger partial charge in [-0.3, -0.25) is 4.79 Å². The van der Waals surface area contributed by atoms with Crippen molar-refractivity contribution in [1.82, 2.24) is 9.29 Å². The van der Waals surface area contributed by atoms with Crippen molar-refractivity contribution in [2.75, 3.05) is 17.6 Å². The molecule has 1 N–H and O–H groups in total. The van der Waals surface area contributed by atoms with E-state index in [-0.39, 0.29) is 50.8 Å². The fraction of sp³-hybridized carbons (Fsp3) is 0.273. The molecule has 2 aromatic carbocycles. The molecular formula is C22H21ClFN3O5S3. The van der Waals surface area contributed by atoms with Gasteiger partial charge in [0.15, 0.2) is 15.0 Å². The van der Waals surface area contributed by atoms with E-state index in [9.17, 15) is 26.0 Å². The van der Waals surface area contributed by atoms with Gasteiger partial charge in [-0.15, -0.1) is 11.3 Å². The molecule has 0 unspecified atom stereocenters. The van der Waals surface area contributed by atoms with E-state index < -0.39 is 31.6 Å². The monoisotopic (exact) mass is 557 g/mol. The van der Waals surface area contributed by atoms with Crippen LogP contribution in [0.3, 0.4) is 0 Å². The van der Waals surface area contributed by atoms with E-state index in [0.717, 1.165) is 17.4 Å². The van der Waals surface area contributed by atoms with E-state index in [2.05, 4.69) is 10.3 Å². The zero-order valence-corrected chi connectivity index (χ0v) is 21.7. The maximum Gasteiger partial charge on any atom is 0.244 e. The first-order chi connectivity index (χ1) is 16.5. The van der Waals surface area contributed by atoms with E-state index in [1.165, 1.54) is 35.5 Å². The number of halogens is 2. The minimum Gasteiger partial charge on any atom is -0.302 e. The average molecular weight is 558 g/mol. The predicted octanol–water partition coefficient (Wildman–Crippen LogP) is 3.66. The minimum absolute atomic E-state index is 0.0305. The molecule has 13 heteroatoms. The molecule has 3 aromatic rings. The topological polar surface area (TPSA) is 114 Å². The number of sulfonamides is 1. The molecule has 0 aliphatic carbocycles. The van der Waals surface area contributed by atoms with Crippen molar-refractivity contribution in [2.45, 2.75) is 36.1 Å². The van der Waals surface area contributed by atoms with Crippen LogP contribution in [0.1, 0.15) is 23.1 Å². The molecule has 0 saturated heterocycles. The van der Waals surface area contributed by atoms with Crippen LogP contribution in [0.4, 0.5) is 9.52 Å². The molecule has 2 heterocycles. The predicted molar refractivity (Wildman–Crippen MR) is 131 cm³/mol. The molecule has 0 fully saturated rings. The van der Waals surface area contributed by atoms with Crippen LogP contribution in [0.5, 0.6) is 0 Å². The molecular weight excluding hydrogens is 537 g/mol. The van der Waals surface area contributed by atoms with Crippen molar-refractivity contribution in [3.8, 4) is 0 Å². The number of nitrogens with one attached hydrogen (secondary N) is 1. The number of sulfone groups is 1. The Balaban J connectivity index is 1.45. The number of nitrogens with zero attached hydrogens (tertiary/aromatic N) is 2. The van der Waals surface area contributed by atoms with Gasteiger partial charge in [0.25, 0.3) is 0 Å². The molecule has 0 bridgehead atoms. The molecule has 1 aromatic heterocycles. The van der Waals surface area contributed by atoms with Gasteiger partial charge >= 0.3 is 0 Å². The number of fused-ring (bicyclic) bond motifs is 1. The van der Waals surface area contributed by atoms with Gasteiger partial charge in [-0.1, -0.05) is 36.7 Å². The van der Waals surface area contributed by atoms with Crippen molar-refractivity contribution in [1.29, 1.82) is 0 Å². The summed E-state index contributed by atoms with van der Waals surface area (Å²) in [5.41, 5.74) is 0.743. The van der Waals surface area contributed by atoms with Crippen LogP contribution in [-0.2, 0) is 44.0 Å². The second-order valence-corrected chi connectivity index (χ2v) is 13.5. The number of thiazole rings is 1. The Labute approximate surface area is 211 Å². The molecule has 0 spiro atoms. The third kappa shape index (κ3) is 5.41. The quantitative estimate of drug-likeness (QED) is 0.474. The molecule has 1 aliphatic heterocycles. The molecule has 1 amide bonds. The van der Waals surface area contributed by atoms with Crippen LogP contribution in [0.2, 0.25) is 5.02 Å². The molecule has 4 rings (SSSR count). The summed E-state index contributed by atoms with van der Waals surface area (Å²) in [5.74, 6) is -1.46. The molecule has 35 heavy (non-hydrogen) atoms. The first kappa shape index (κ1) is 25.7. The lowest BCUT2D eigenvalue weighted by molar-refractivity contribution is -0.115. The Morgan fingerprint density at radius 2 is 1.94 bits per heavy atom. The third-order valence-corrected chi connectivity index (χ3v) is 10.6. The van der Waals surface area contributed by atoms with E-state index in [0.29, 0.717) is 17.0 Å². The zero-order chi connectivity index (χ0) is 25.4. The SMILES string of the molecule is CCS(=O)(=O)c1ccc(CC(=O)Nc2nc3c(s2)CN(S(=O)(=O)c2ccccc2Cl)CC3)c(F)c1. The number of aromatic nitrogens is 1.